The first-order chi connectivity index (χ1) is 5.34. The van der Waals surface area contributed by atoms with Crippen LogP contribution in [0.1, 0.15) is 12.8 Å². The zero-order valence-electron chi connectivity index (χ0n) is 6.28. The van der Waals surface area contributed by atoms with E-state index in [2.05, 4.69) is 0 Å². The summed E-state index contributed by atoms with van der Waals surface area (Å²) in [5, 5.41) is 8.39. The molecule has 0 saturated carbocycles. The van der Waals surface area contributed by atoms with Gasteiger partial charge in [-0.05, 0) is 12.8 Å². The number of aliphatic hydroxyl groups is 1. The van der Waals surface area contributed by atoms with Crippen molar-refractivity contribution >= 4 is 5.97 Å². The number of epoxide rings is 1. The minimum Gasteiger partial charge on any atom is -0.464 e. The van der Waals surface area contributed by atoms with Crippen molar-refractivity contribution in [1.82, 2.24) is 0 Å². The molecule has 64 valence electrons. The highest BCUT2D eigenvalue weighted by molar-refractivity contribution is 5.76. The first-order valence-corrected chi connectivity index (χ1v) is 3.73. The number of aliphatic hydroxyl groups excluding tert-OH is 1. The van der Waals surface area contributed by atoms with Crippen LogP contribution in [0.5, 0.6) is 0 Å². The molecular weight excluding hydrogens is 148 g/mol. The molecule has 1 unspecified atom stereocenters. The van der Waals surface area contributed by atoms with E-state index in [1.807, 2.05) is 0 Å². The molecule has 0 aromatic carbocycles. The zero-order valence-corrected chi connectivity index (χ0v) is 6.28. The molecule has 0 radical (unpaired) electrons. The fraction of sp³-hybridized carbons (Fsp3) is 0.857. The summed E-state index contributed by atoms with van der Waals surface area (Å²) >= 11 is 0. The molecule has 0 aromatic heterocycles. The second-order valence-corrected chi connectivity index (χ2v) is 2.42. The van der Waals surface area contributed by atoms with Crippen molar-refractivity contribution in [1.29, 1.82) is 0 Å². The van der Waals surface area contributed by atoms with Gasteiger partial charge in [-0.15, -0.1) is 0 Å². The van der Waals surface area contributed by atoms with Gasteiger partial charge in [-0.3, -0.25) is 0 Å². The van der Waals surface area contributed by atoms with Crippen LogP contribution in [0.3, 0.4) is 0 Å². The van der Waals surface area contributed by atoms with E-state index in [0.29, 0.717) is 19.6 Å². The number of rotatable bonds is 5. The molecule has 1 aliphatic heterocycles. The normalized spacial score (nSPS) is 21.4. The fourth-order valence-corrected chi connectivity index (χ4v) is 0.664. The fourth-order valence-electron chi connectivity index (χ4n) is 0.664. The molecule has 1 heterocycles. The predicted octanol–water partition coefficient (Wildman–Crippen LogP) is -0.299. The lowest BCUT2D eigenvalue weighted by Gasteiger charge is -2.00. The topological polar surface area (TPSA) is 59.1 Å². The lowest BCUT2D eigenvalue weighted by molar-refractivity contribution is -0.145. The van der Waals surface area contributed by atoms with E-state index in [1.165, 1.54) is 0 Å². The van der Waals surface area contributed by atoms with Gasteiger partial charge in [0.25, 0.3) is 0 Å². The summed E-state index contributed by atoms with van der Waals surface area (Å²) in [7, 11) is 0. The van der Waals surface area contributed by atoms with E-state index < -0.39 is 0 Å². The van der Waals surface area contributed by atoms with Crippen LogP contribution in [0.15, 0.2) is 0 Å². The summed E-state index contributed by atoms with van der Waals surface area (Å²) in [4.78, 5) is 10.8. The molecule has 1 aliphatic rings. The summed E-state index contributed by atoms with van der Waals surface area (Å²) in [6, 6.07) is 0. The first-order valence-electron chi connectivity index (χ1n) is 3.73. The van der Waals surface area contributed by atoms with Gasteiger partial charge in [0, 0.05) is 6.61 Å². The van der Waals surface area contributed by atoms with E-state index in [-0.39, 0.29) is 18.7 Å². The van der Waals surface area contributed by atoms with Crippen molar-refractivity contribution in [3.05, 3.63) is 0 Å². The van der Waals surface area contributed by atoms with Crippen LogP contribution in [-0.4, -0.2) is 37.0 Å². The lowest BCUT2D eigenvalue weighted by Crippen LogP contribution is -2.12. The van der Waals surface area contributed by atoms with Crippen LogP contribution in [0.4, 0.5) is 0 Å². The SMILES string of the molecule is O=C(OCCCCO)C1CO1. The standard InChI is InChI=1S/C7H12O4/c8-3-1-2-4-10-7(9)6-5-11-6/h6,8H,1-5H2. The predicted molar refractivity (Wildman–Crippen MR) is 37.0 cm³/mol. The minimum atomic E-state index is -0.302. The molecule has 0 spiro atoms. The number of carbonyl (C=O) groups is 1. The molecule has 4 nitrogen and oxygen atoms in total. The smallest absolute Gasteiger partial charge is 0.337 e. The van der Waals surface area contributed by atoms with E-state index in [4.69, 9.17) is 14.6 Å². The Balaban J connectivity index is 1.89. The van der Waals surface area contributed by atoms with Crippen molar-refractivity contribution in [3.63, 3.8) is 0 Å². The molecule has 0 aromatic rings. The minimum absolute atomic E-state index is 0.150. The Morgan fingerprint density at radius 2 is 2.36 bits per heavy atom. The van der Waals surface area contributed by atoms with Gasteiger partial charge in [0.1, 0.15) is 0 Å². The average Bonchev–Trinajstić information content (AvgIpc) is 2.79. The van der Waals surface area contributed by atoms with Crippen LogP contribution in [0, 0.1) is 0 Å². The van der Waals surface area contributed by atoms with Gasteiger partial charge in [0.2, 0.25) is 0 Å². The van der Waals surface area contributed by atoms with E-state index in [9.17, 15) is 4.79 Å². The zero-order chi connectivity index (χ0) is 8.10. The molecule has 0 amide bonds. The molecule has 4 heteroatoms. The maximum Gasteiger partial charge on any atom is 0.337 e. The van der Waals surface area contributed by atoms with Crippen LogP contribution >= 0.6 is 0 Å². The van der Waals surface area contributed by atoms with E-state index in [1.54, 1.807) is 0 Å². The van der Waals surface area contributed by atoms with Crippen molar-refractivity contribution < 1.29 is 19.4 Å². The molecule has 1 N–H and O–H groups in total. The molecule has 0 aliphatic carbocycles. The number of esters is 1. The number of carbonyl (C=O) groups excluding carboxylic acids is 1. The highest BCUT2D eigenvalue weighted by Gasteiger charge is 2.32. The Bertz CT molecular complexity index is 130. The number of hydrogen-bond donors (Lipinski definition) is 1. The van der Waals surface area contributed by atoms with Crippen molar-refractivity contribution in [2.24, 2.45) is 0 Å². The lowest BCUT2D eigenvalue weighted by atomic mass is 10.3. The number of unbranched alkanes of at least 4 members (excludes halogenated alkanes) is 1. The van der Waals surface area contributed by atoms with Gasteiger partial charge in [0.05, 0.1) is 13.2 Å². The third-order valence-corrected chi connectivity index (χ3v) is 1.39. The monoisotopic (exact) mass is 160 g/mol. The van der Waals surface area contributed by atoms with Gasteiger partial charge in [-0.2, -0.15) is 0 Å². The van der Waals surface area contributed by atoms with E-state index >= 15 is 0 Å². The van der Waals surface area contributed by atoms with E-state index in [0.717, 1.165) is 6.42 Å². The Hall–Kier alpha value is -0.610. The largest absolute Gasteiger partial charge is 0.464 e. The van der Waals surface area contributed by atoms with Gasteiger partial charge < -0.3 is 14.6 Å². The second-order valence-electron chi connectivity index (χ2n) is 2.42. The summed E-state index contributed by atoms with van der Waals surface area (Å²) in [6.07, 6.45) is 1.09. The quantitative estimate of drug-likeness (QED) is 0.341. The molecule has 0 bridgehead atoms. The molecule has 11 heavy (non-hydrogen) atoms. The highest BCUT2D eigenvalue weighted by atomic mass is 16.6. The second kappa shape index (κ2) is 4.31. The third kappa shape index (κ3) is 3.34. The molecular formula is C7H12O4. The molecule has 1 rings (SSSR count). The Labute approximate surface area is 65.1 Å². The van der Waals surface area contributed by atoms with Crippen LogP contribution < -0.4 is 0 Å². The van der Waals surface area contributed by atoms with Crippen molar-refractivity contribution in [3.8, 4) is 0 Å². The van der Waals surface area contributed by atoms with Gasteiger partial charge in [0.15, 0.2) is 6.10 Å². The molecule has 1 fully saturated rings. The Morgan fingerprint density at radius 1 is 1.64 bits per heavy atom. The maximum atomic E-state index is 10.8. The highest BCUT2D eigenvalue weighted by Crippen LogP contribution is 2.10. The van der Waals surface area contributed by atoms with Crippen LogP contribution in [0.25, 0.3) is 0 Å². The number of ether oxygens (including phenoxy) is 2. The Kier molecular flexibility index (Phi) is 3.32. The average molecular weight is 160 g/mol. The third-order valence-electron chi connectivity index (χ3n) is 1.39. The van der Waals surface area contributed by atoms with Gasteiger partial charge in [-0.1, -0.05) is 0 Å². The van der Waals surface area contributed by atoms with Crippen molar-refractivity contribution in [2.75, 3.05) is 19.8 Å². The number of hydrogen-bond acceptors (Lipinski definition) is 4. The summed E-state index contributed by atoms with van der Waals surface area (Å²) in [6.45, 7) is 1.04. The van der Waals surface area contributed by atoms with Crippen LogP contribution in [0.2, 0.25) is 0 Å². The summed E-state index contributed by atoms with van der Waals surface area (Å²) in [5.74, 6) is -0.275. The van der Waals surface area contributed by atoms with Crippen molar-refractivity contribution in [2.45, 2.75) is 18.9 Å². The Morgan fingerprint density at radius 3 is 2.91 bits per heavy atom. The van der Waals surface area contributed by atoms with Gasteiger partial charge >= 0.3 is 5.97 Å². The summed E-state index contributed by atoms with van der Waals surface area (Å²) < 4.78 is 9.50. The molecule has 1 atom stereocenters. The van der Waals surface area contributed by atoms with Gasteiger partial charge in [-0.25, -0.2) is 4.79 Å². The molecule has 1 saturated heterocycles. The van der Waals surface area contributed by atoms with Crippen LogP contribution in [-0.2, 0) is 14.3 Å². The maximum absolute atomic E-state index is 10.8. The first kappa shape index (κ1) is 8.49. The summed E-state index contributed by atoms with van der Waals surface area (Å²) in [5.41, 5.74) is 0.